The van der Waals surface area contributed by atoms with Crippen LogP contribution in [-0.2, 0) is 24.0 Å². The normalized spacial score (nSPS) is 24.6. The molecule has 3 N–H and O–H groups in total. The van der Waals surface area contributed by atoms with Gasteiger partial charge in [0.25, 0.3) is 11.8 Å². The van der Waals surface area contributed by atoms with Gasteiger partial charge in [-0.25, -0.2) is 4.98 Å². The Balaban J connectivity index is 0.00000306. The zero-order valence-electron chi connectivity index (χ0n) is 17.9. The maximum Gasteiger partial charge on any atom is 1.00 e. The van der Waals surface area contributed by atoms with E-state index in [0.717, 1.165) is 24.2 Å². The van der Waals surface area contributed by atoms with Gasteiger partial charge in [-0.3, -0.25) is 14.5 Å². The number of oxime groups is 1. The number of ether oxygens (including phenoxy) is 1. The van der Waals surface area contributed by atoms with Crippen molar-refractivity contribution in [3.63, 3.8) is 0 Å². The number of β-lactam (4-membered cyclic amide) rings is 1. The molecule has 3 aliphatic heterocycles. The van der Waals surface area contributed by atoms with Gasteiger partial charge >= 0.3 is 29.6 Å². The third-order valence-electron chi connectivity index (χ3n) is 5.04. The SMILES string of the molecule is CO/N=C(\C(=O)NC1C(=O)N2C(C(=O)[O-])=C(SCC3CCCO3)CSC12)c1csc(N)n1.[Na+]. The second kappa shape index (κ2) is 11.4. The van der Waals surface area contributed by atoms with E-state index in [0.29, 0.717) is 23.0 Å². The molecular weight excluding hydrogens is 501 g/mol. The van der Waals surface area contributed by atoms with Gasteiger partial charge in [-0.05, 0) is 12.8 Å². The average Bonchev–Trinajstić information content (AvgIpc) is 3.45. The smallest absolute Gasteiger partial charge is 0.543 e. The number of carbonyl (C=O) groups is 3. The van der Waals surface area contributed by atoms with Crippen LogP contribution in [0.25, 0.3) is 0 Å². The molecule has 0 spiro atoms. The summed E-state index contributed by atoms with van der Waals surface area (Å²) >= 11 is 3.89. The van der Waals surface area contributed by atoms with E-state index in [2.05, 4.69) is 15.5 Å². The number of anilines is 1. The Labute approximate surface area is 224 Å². The number of nitrogens with one attached hydrogen (secondary N) is 1. The molecule has 1 aromatic rings. The number of aliphatic carboxylic acids is 1. The van der Waals surface area contributed by atoms with Gasteiger partial charge in [-0.1, -0.05) is 5.16 Å². The molecule has 0 saturated carbocycles. The molecule has 4 rings (SSSR count). The summed E-state index contributed by atoms with van der Waals surface area (Å²) in [7, 11) is 1.28. The fraction of sp³-hybridized carbons (Fsp3) is 0.500. The van der Waals surface area contributed by atoms with Crippen LogP contribution in [0, 0.1) is 0 Å². The van der Waals surface area contributed by atoms with Crippen molar-refractivity contribution in [3.8, 4) is 0 Å². The van der Waals surface area contributed by atoms with Crippen molar-refractivity contribution in [2.24, 2.45) is 5.16 Å². The number of nitrogens with two attached hydrogens (primary N) is 1. The number of carbonyl (C=O) groups excluding carboxylic acids is 3. The number of carboxylic acid groups (broad SMARTS) is 1. The molecule has 11 nitrogen and oxygen atoms in total. The molecule has 0 aliphatic carbocycles. The number of amides is 2. The quantitative estimate of drug-likeness (QED) is 0.151. The van der Waals surface area contributed by atoms with E-state index in [1.807, 2.05) is 0 Å². The number of thiazole rings is 1. The molecule has 15 heteroatoms. The predicted molar refractivity (Wildman–Crippen MR) is 119 cm³/mol. The maximum absolute atomic E-state index is 12.8. The Morgan fingerprint density at radius 1 is 1.52 bits per heavy atom. The molecule has 3 aliphatic rings. The van der Waals surface area contributed by atoms with Crippen LogP contribution in [0.1, 0.15) is 18.5 Å². The Hall–Kier alpha value is -1.29. The zero-order chi connectivity index (χ0) is 22.8. The van der Waals surface area contributed by atoms with Gasteiger partial charge in [-0.2, -0.15) is 0 Å². The summed E-state index contributed by atoms with van der Waals surface area (Å²) in [6, 6.07) is -0.912. The predicted octanol–water partition coefficient (Wildman–Crippen LogP) is -3.65. The van der Waals surface area contributed by atoms with E-state index >= 15 is 0 Å². The largest absolute Gasteiger partial charge is 1.00 e. The summed E-state index contributed by atoms with van der Waals surface area (Å²) in [5, 5.41) is 19.4. The Morgan fingerprint density at radius 2 is 2.30 bits per heavy atom. The van der Waals surface area contributed by atoms with E-state index in [9.17, 15) is 19.5 Å². The molecule has 3 atom stereocenters. The summed E-state index contributed by atoms with van der Waals surface area (Å²) in [6.07, 6.45) is 2.00. The van der Waals surface area contributed by atoms with Gasteiger partial charge in [-0.15, -0.1) is 34.9 Å². The molecular formula is C18H20N5NaO6S3. The van der Waals surface area contributed by atoms with Gasteiger partial charge in [0.2, 0.25) is 0 Å². The molecule has 1 aromatic heterocycles. The molecule has 2 amide bonds. The summed E-state index contributed by atoms with van der Waals surface area (Å²) in [5.74, 6) is -1.60. The van der Waals surface area contributed by atoms with Gasteiger partial charge in [0.15, 0.2) is 10.8 Å². The van der Waals surface area contributed by atoms with Crippen LogP contribution in [0.4, 0.5) is 5.13 Å². The number of hydrogen-bond acceptors (Lipinski definition) is 12. The van der Waals surface area contributed by atoms with E-state index in [4.69, 9.17) is 15.3 Å². The number of fused-ring (bicyclic) bond motifs is 1. The Bertz CT molecular complexity index is 996. The van der Waals surface area contributed by atoms with Crippen LogP contribution in [0.3, 0.4) is 0 Å². The van der Waals surface area contributed by atoms with Crippen molar-refractivity contribution in [1.82, 2.24) is 15.2 Å². The minimum Gasteiger partial charge on any atom is -0.543 e. The molecule has 0 bridgehead atoms. The van der Waals surface area contributed by atoms with Gasteiger partial charge in [0.1, 0.15) is 24.2 Å². The van der Waals surface area contributed by atoms with Crippen molar-refractivity contribution in [3.05, 3.63) is 21.7 Å². The number of aromatic nitrogens is 1. The first-order chi connectivity index (χ1) is 15.4. The minimum atomic E-state index is -1.41. The fourth-order valence-corrected chi connectivity index (χ4v) is 6.81. The number of nitrogens with zero attached hydrogens (tertiary/aromatic N) is 3. The van der Waals surface area contributed by atoms with Crippen LogP contribution < -0.4 is 45.7 Å². The third kappa shape index (κ3) is 5.52. The molecule has 4 heterocycles. The fourth-order valence-electron chi connectivity index (χ4n) is 3.56. The van der Waals surface area contributed by atoms with Crippen LogP contribution in [0.5, 0.6) is 0 Å². The van der Waals surface area contributed by atoms with Crippen molar-refractivity contribution in [1.29, 1.82) is 0 Å². The number of hydrogen-bond donors (Lipinski definition) is 2. The second-order valence-electron chi connectivity index (χ2n) is 7.06. The summed E-state index contributed by atoms with van der Waals surface area (Å²) in [6.45, 7) is 0.711. The number of thioether (sulfide) groups is 2. The summed E-state index contributed by atoms with van der Waals surface area (Å²) < 4.78 is 5.59. The zero-order valence-corrected chi connectivity index (χ0v) is 22.4. The average molecular weight is 522 g/mol. The first-order valence-electron chi connectivity index (χ1n) is 9.67. The molecule has 172 valence electrons. The molecule has 33 heavy (non-hydrogen) atoms. The maximum atomic E-state index is 12.8. The van der Waals surface area contributed by atoms with E-state index in [1.165, 1.54) is 35.5 Å². The molecule has 3 unspecified atom stereocenters. The van der Waals surface area contributed by atoms with Crippen LogP contribution in [-0.4, -0.2) is 76.1 Å². The van der Waals surface area contributed by atoms with Crippen LogP contribution in [0.2, 0.25) is 0 Å². The van der Waals surface area contributed by atoms with Crippen LogP contribution >= 0.6 is 34.9 Å². The monoisotopic (exact) mass is 521 g/mol. The Morgan fingerprint density at radius 3 is 2.91 bits per heavy atom. The molecule has 2 saturated heterocycles. The van der Waals surface area contributed by atoms with Gasteiger partial charge < -0.3 is 30.5 Å². The van der Waals surface area contributed by atoms with Crippen LogP contribution in [0.15, 0.2) is 21.1 Å². The topological polar surface area (TPSA) is 159 Å². The van der Waals surface area contributed by atoms with Crippen molar-refractivity contribution < 1.29 is 58.6 Å². The van der Waals surface area contributed by atoms with Crippen molar-refractivity contribution >= 4 is 63.5 Å². The summed E-state index contributed by atoms with van der Waals surface area (Å²) in [4.78, 5) is 47.9. The van der Waals surface area contributed by atoms with Crippen molar-refractivity contribution in [2.45, 2.75) is 30.4 Å². The summed E-state index contributed by atoms with van der Waals surface area (Å²) in [5.41, 5.74) is 5.58. The molecule has 0 aromatic carbocycles. The first kappa shape index (κ1) is 26.3. The van der Waals surface area contributed by atoms with E-state index in [-0.39, 0.29) is 57.9 Å². The molecule has 0 radical (unpaired) electrons. The van der Waals surface area contributed by atoms with Gasteiger partial charge in [0.05, 0.1) is 17.8 Å². The number of nitrogen functional groups attached to an aromatic ring is 1. The molecule has 2 fully saturated rings. The van der Waals surface area contributed by atoms with Crippen molar-refractivity contribution in [2.75, 3.05) is 31.0 Å². The van der Waals surface area contributed by atoms with E-state index < -0.39 is 29.2 Å². The van der Waals surface area contributed by atoms with Gasteiger partial charge in [0, 0.05) is 28.4 Å². The standard InChI is InChI=1S/C18H21N5O6S3.Na/c1-28-22-11(9-6-32-18(19)20-9)14(24)21-12-15(25)23-13(17(26)27)10(7-31-16(12)23)30-5-8-3-2-4-29-8;/h6,8,12,16H,2-5,7H2,1H3,(H2,19,20)(H,21,24)(H,26,27);/q;+1/p-1/b22-11-;. The first-order valence-corrected chi connectivity index (χ1v) is 12.6. The minimum absolute atomic E-state index is 0. The number of rotatable bonds is 8. The third-order valence-corrected chi connectivity index (χ3v) is 8.40. The van der Waals surface area contributed by atoms with E-state index in [1.54, 1.807) is 5.38 Å². The second-order valence-corrected chi connectivity index (χ2v) is 10.2. The number of carboxylic acids is 1. The Kier molecular flexibility index (Phi) is 9.11.